The summed E-state index contributed by atoms with van der Waals surface area (Å²) in [6.45, 7) is 0.998. The molecule has 0 bridgehead atoms. The lowest BCUT2D eigenvalue weighted by atomic mass is 10.2. The molecule has 0 saturated carbocycles. The minimum atomic E-state index is 0.0885. The molecule has 74 valence electrons. The Hall–Kier alpha value is -0.220. The molecule has 4 heteroatoms. The molecule has 0 radical (unpaired) electrons. The Balaban J connectivity index is 1.76. The lowest BCUT2D eigenvalue weighted by Gasteiger charge is -2.15. The van der Waals surface area contributed by atoms with E-state index < -0.39 is 0 Å². The van der Waals surface area contributed by atoms with Crippen LogP contribution in [0.25, 0.3) is 0 Å². The second-order valence-electron chi connectivity index (χ2n) is 3.72. The van der Waals surface area contributed by atoms with Crippen LogP contribution in [0.2, 0.25) is 0 Å². The normalized spacial score (nSPS) is 33.5. The van der Waals surface area contributed by atoms with Gasteiger partial charge in [0, 0.05) is 11.8 Å². The second-order valence-corrected chi connectivity index (χ2v) is 4.87. The summed E-state index contributed by atoms with van der Waals surface area (Å²) in [6.07, 6.45) is 3.28. The van der Waals surface area contributed by atoms with Crippen LogP contribution in [0.15, 0.2) is 0 Å². The monoisotopic (exact) mass is 200 g/mol. The number of amides is 1. The Morgan fingerprint density at radius 3 is 3.00 bits per heavy atom. The van der Waals surface area contributed by atoms with Crippen LogP contribution in [0, 0.1) is 0 Å². The Kier molecular flexibility index (Phi) is 3.11. The van der Waals surface area contributed by atoms with Crippen LogP contribution >= 0.6 is 11.8 Å². The number of carbonyl (C=O) groups is 1. The largest absolute Gasteiger partial charge is 0.351 e. The van der Waals surface area contributed by atoms with Gasteiger partial charge >= 0.3 is 0 Å². The first kappa shape index (κ1) is 9.34. The van der Waals surface area contributed by atoms with Crippen molar-refractivity contribution in [1.29, 1.82) is 0 Å². The molecule has 2 saturated heterocycles. The summed E-state index contributed by atoms with van der Waals surface area (Å²) in [6, 6.07) is 0.519. The molecule has 3 nitrogen and oxygen atoms in total. The molecular weight excluding hydrogens is 184 g/mol. The van der Waals surface area contributed by atoms with Crippen molar-refractivity contribution in [2.45, 2.75) is 31.3 Å². The maximum absolute atomic E-state index is 11.6. The van der Waals surface area contributed by atoms with Crippen molar-refractivity contribution < 1.29 is 4.79 Å². The Morgan fingerprint density at radius 2 is 2.38 bits per heavy atom. The molecule has 2 N–H and O–H groups in total. The zero-order valence-electron chi connectivity index (χ0n) is 7.71. The van der Waals surface area contributed by atoms with Crippen LogP contribution in [-0.2, 0) is 4.79 Å². The molecule has 0 aromatic carbocycles. The van der Waals surface area contributed by atoms with Crippen molar-refractivity contribution in [2.24, 2.45) is 0 Å². The molecule has 0 aromatic heterocycles. The minimum Gasteiger partial charge on any atom is -0.351 e. The second kappa shape index (κ2) is 4.33. The number of hydrogen-bond acceptors (Lipinski definition) is 3. The predicted octanol–water partition coefficient (Wildman–Crippen LogP) is 0.360. The maximum Gasteiger partial charge on any atom is 0.237 e. The van der Waals surface area contributed by atoms with Gasteiger partial charge in [0.25, 0.3) is 0 Å². The SMILES string of the molecule is O=C(NC1CCSC1)[C@H]1CCCN1. The average molecular weight is 200 g/mol. The van der Waals surface area contributed by atoms with Crippen LogP contribution in [0.5, 0.6) is 0 Å². The van der Waals surface area contributed by atoms with Crippen LogP contribution in [0.1, 0.15) is 19.3 Å². The Bertz CT molecular complexity index is 186. The number of rotatable bonds is 2. The highest BCUT2D eigenvalue weighted by Gasteiger charge is 2.25. The van der Waals surface area contributed by atoms with E-state index in [9.17, 15) is 4.79 Å². The van der Waals surface area contributed by atoms with Gasteiger partial charge in [-0.1, -0.05) is 0 Å². The molecule has 2 rings (SSSR count). The van der Waals surface area contributed by atoms with E-state index in [1.165, 1.54) is 5.75 Å². The van der Waals surface area contributed by atoms with Crippen molar-refractivity contribution >= 4 is 17.7 Å². The van der Waals surface area contributed by atoms with Crippen LogP contribution in [0.4, 0.5) is 0 Å². The molecule has 1 amide bonds. The highest BCUT2D eigenvalue weighted by Crippen LogP contribution is 2.17. The van der Waals surface area contributed by atoms with Crippen molar-refractivity contribution in [1.82, 2.24) is 10.6 Å². The van der Waals surface area contributed by atoms with Crippen molar-refractivity contribution in [3.63, 3.8) is 0 Å². The zero-order valence-corrected chi connectivity index (χ0v) is 8.53. The molecular formula is C9H16N2OS. The van der Waals surface area contributed by atoms with Crippen molar-refractivity contribution in [2.75, 3.05) is 18.1 Å². The molecule has 2 fully saturated rings. The molecule has 0 aromatic rings. The zero-order chi connectivity index (χ0) is 9.10. The van der Waals surface area contributed by atoms with E-state index in [0.717, 1.165) is 31.6 Å². The molecule has 0 spiro atoms. The fourth-order valence-electron chi connectivity index (χ4n) is 1.86. The maximum atomic E-state index is 11.6. The molecule has 2 atom stereocenters. The van der Waals surface area contributed by atoms with Gasteiger partial charge in [-0.25, -0.2) is 0 Å². The van der Waals surface area contributed by atoms with Gasteiger partial charge in [-0.2, -0.15) is 11.8 Å². The number of hydrogen-bond donors (Lipinski definition) is 2. The van der Waals surface area contributed by atoms with E-state index in [-0.39, 0.29) is 11.9 Å². The summed E-state index contributed by atoms with van der Waals surface area (Å²) in [5, 5.41) is 6.31. The minimum absolute atomic E-state index is 0.0885. The Morgan fingerprint density at radius 1 is 1.46 bits per heavy atom. The summed E-state index contributed by atoms with van der Waals surface area (Å²) >= 11 is 1.93. The molecule has 13 heavy (non-hydrogen) atoms. The molecule has 2 heterocycles. The first-order valence-electron chi connectivity index (χ1n) is 4.98. The third-order valence-corrected chi connectivity index (χ3v) is 3.82. The van der Waals surface area contributed by atoms with E-state index in [1.54, 1.807) is 0 Å². The summed E-state index contributed by atoms with van der Waals surface area (Å²) in [5.74, 6) is 2.51. The summed E-state index contributed by atoms with van der Waals surface area (Å²) < 4.78 is 0. The summed E-state index contributed by atoms with van der Waals surface area (Å²) in [4.78, 5) is 11.6. The lowest BCUT2D eigenvalue weighted by molar-refractivity contribution is -0.123. The number of thioether (sulfide) groups is 1. The third kappa shape index (κ3) is 2.38. The lowest BCUT2D eigenvalue weighted by Crippen LogP contribution is -2.45. The highest BCUT2D eigenvalue weighted by atomic mass is 32.2. The molecule has 2 aliphatic rings. The van der Waals surface area contributed by atoms with E-state index in [0.29, 0.717) is 6.04 Å². The molecule has 0 aliphatic carbocycles. The van der Waals surface area contributed by atoms with Gasteiger partial charge in [0.15, 0.2) is 0 Å². The van der Waals surface area contributed by atoms with Crippen molar-refractivity contribution in [3.05, 3.63) is 0 Å². The van der Waals surface area contributed by atoms with Gasteiger partial charge in [-0.3, -0.25) is 4.79 Å². The predicted molar refractivity (Wildman–Crippen MR) is 54.9 cm³/mol. The van der Waals surface area contributed by atoms with Gasteiger partial charge in [0.2, 0.25) is 5.91 Å². The van der Waals surface area contributed by atoms with E-state index in [1.807, 2.05) is 11.8 Å². The molecule has 2 aliphatic heterocycles. The van der Waals surface area contributed by atoms with Gasteiger partial charge in [0.05, 0.1) is 6.04 Å². The van der Waals surface area contributed by atoms with E-state index >= 15 is 0 Å². The van der Waals surface area contributed by atoms with Crippen LogP contribution in [0.3, 0.4) is 0 Å². The fraction of sp³-hybridized carbons (Fsp3) is 0.889. The van der Waals surface area contributed by atoms with E-state index in [4.69, 9.17) is 0 Å². The smallest absolute Gasteiger partial charge is 0.237 e. The average Bonchev–Trinajstić information content (AvgIpc) is 2.74. The summed E-state index contributed by atoms with van der Waals surface area (Å²) in [7, 11) is 0. The first-order chi connectivity index (χ1) is 6.36. The van der Waals surface area contributed by atoms with Gasteiger partial charge in [-0.05, 0) is 31.6 Å². The fourth-order valence-corrected chi connectivity index (χ4v) is 3.01. The van der Waals surface area contributed by atoms with E-state index in [2.05, 4.69) is 10.6 Å². The topological polar surface area (TPSA) is 41.1 Å². The van der Waals surface area contributed by atoms with Crippen LogP contribution < -0.4 is 10.6 Å². The number of carbonyl (C=O) groups excluding carboxylic acids is 1. The highest BCUT2D eigenvalue weighted by molar-refractivity contribution is 7.99. The Labute approximate surface area is 83.0 Å². The van der Waals surface area contributed by atoms with Crippen LogP contribution in [-0.4, -0.2) is 36.0 Å². The van der Waals surface area contributed by atoms with Gasteiger partial charge in [-0.15, -0.1) is 0 Å². The first-order valence-corrected chi connectivity index (χ1v) is 6.13. The summed E-state index contributed by atoms with van der Waals surface area (Å²) in [5.41, 5.74) is 0. The van der Waals surface area contributed by atoms with Gasteiger partial charge in [0.1, 0.15) is 0 Å². The quantitative estimate of drug-likeness (QED) is 0.676. The van der Waals surface area contributed by atoms with Crippen molar-refractivity contribution in [3.8, 4) is 0 Å². The number of nitrogens with one attached hydrogen (secondary N) is 2. The third-order valence-electron chi connectivity index (χ3n) is 2.65. The standard InChI is InChI=1S/C9H16N2OS/c12-9(8-2-1-4-10-8)11-7-3-5-13-6-7/h7-8,10H,1-6H2,(H,11,12)/t7?,8-/m1/s1. The molecule has 1 unspecified atom stereocenters. The van der Waals surface area contributed by atoms with Gasteiger partial charge < -0.3 is 10.6 Å².